The molecular formula is C11H18F5Na2. The topological polar surface area (TPSA) is 0 Å². The van der Waals surface area contributed by atoms with Crippen LogP contribution < -0.4 is 29.6 Å². The van der Waals surface area contributed by atoms with Crippen molar-refractivity contribution in [2.24, 2.45) is 0 Å². The van der Waals surface area contributed by atoms with Crippen LogP contribution in [0, 0.1) is 6.43 Å². The molecule has 0 atom stereocenters. The van der Waals surface area contributed by atoms with E-state index in [1.165, 1.54) is 0 Å². The van der Waals surface area contributed by atoms with Gasteiger partial charge in [-0.15, -0.1) is 6.42 Å². The first-order chi connectivity index (χ1) is 7.42. The third-order valence-corrected chi connectivity index (χ3v) is 2.33. The van der Waals surface area contributed by atoms with Crippen molar-refractivity contribution >= 4 is 29.6 Å². The molecule has 0 saturated carbocycles. The van der Waals surface area contributed by atoms with Gasteiger partial charge in [0, 0.05) is 42.4 Å². The van der Waals surface area contributed by atoms with Crippen molar-refractivity contribution in [3.63, 3.8) is 0 Å². The number of alkyl halides is 3. The average molecular weight is 291 g/mol. The fourth-order valence-corrected chi connectivity index (χ4v) is 1.47. The Morgan fingerprint density at radius 2 is 1.11 bits per heavy atom. The Bertz CT molecular complexity index is 162. The summed E-state index contributed by atoms with van der Waals surface area (Å²) in [5.41, 5.74) is 0. The maximum Gasteiger partial charge on any atom is 1.00 e. The summed E-state index contributed by atoms with van der Waals surface area (Å²) in [4.78, 5) is 0. The van der Waals surface area contributed by atoms with Gasteiger partial charge in [0.25, 0.3) is 0 Å². The fourth-order valence-electron chi connectivity index (χ4n) is 1.47. The number of hydrogen-bond donors (Lipinski definition) is 0. The van der Waals surface area contributed by atoms with Crippen LogP contribution >= 0.6 is 0 Å². The van der Waals surface area contributed by atoms with E-state index in [0.29, 0.717) is 12.8 Å². The smallest absolute Gasteiger partial charge is 0.421 e. The summed E-state index contributed by atoms with van der Waals surface area (Å²) in [5, 5.41) is 0. The van der Waals surface area contributed by atoms with Gasteiger partial charge < -0.3 is 8.78 Å². The van der Waals surface area contributed by atoms with Crippen LogP contribution in [0.25, 0.3) is 0 Å². The first-order valence-electron chi connectivity index (χ1n) is 5.65. The summed E-state index contributed by atoms with van der Waals surface area (Å²) in [6, 6.07) is 0. The van der Waals surface area contributed by atoms with Crippen LogP contribution in [0.4, 0.5) is 22.0 Å². The average Bonchev–Trinajstić information content (AvgIpc) is 2.13. The molecule has 0 saturated heterocycles. The molecule has 0 rings (SSSR count). The van der Waals surface area contributed by atoms with Crippen LogP contribution in [0.2, 0.25) is 0 Å². The van der Waals surface area contributed by atoms with E-state index in [1.807, 2.05) is 0 Å². The van der Waals surface area contributed by atoms with Crippen molar-refractivity contribution in [3.05, 3.63) is 6.43 Å². The fraction of sp³-hybridized carbons (Fsp3) is 0.909. The van der Waals surface area contributed by atoms with Crippen LogP contribution in [-0.4, -0.2) is 35.7 Å². The van der Waals surface area contributed by atoms with E-state index in [1.54, 1.807) is 0 Å². The van der Waals surface area contributed by atoms with Gasteiger partial charge in [0.1, 0.15) is 0 Å². The second-order valence-corrected chi connectivity index (χ2v) is 3.93. The third kappa shape index (κ3) is 22.8. The molecule has 0 aromatic heterocycles. The molecule has 0 aliphatic heterocycles. The Kier molecular flexibility index (Phi) is 20.6. The molecule has 0 fully saturated rings. The molecule has 0 bridgehead atoms. The van der Waals surface area contributed by atoms with Gasteiger partial charge in [-0.1, -0.05) is 38.5 Å². The molecule has 0 aromatic rings. The predicted molar refractivity (Wildman–Crippen MR) is 58.8 cm³/mol. The maximum absolute atomic E-state index is 11.7. The van der Waals surface area contributed by atoms with E-state index in [2.05, 4.69) is 0 Å². The third-order valence-electron chi connectivity index (χ3n) is 2.33. The Balaban J connectivity index is -0.00000112. The van der Waals surface area contributed by atoms with Crippen molar-refractivity contribution in [3.8, 4) is 0 Å². The Morgan fingerprint density at radius 1 is 0.722 bits per heavy atom. The second kappa shape index (κ2) is 15.0. The molecule has 7 heteroatoms. The Labute approximate surface area is 150 Å². The first kappa shape index (κ1) is 24.7. The molecule has 0 unspecified atom stereocenters. The van der Waals surface area contributed by atoms with Crippen LogP contribution in [0.3, 0.4) is 0 Å². The maximum atomic E-state index is 11.7. The quantitative estimate of drug-likeness (QED) is 0.264. The predicted octanol–water partition coefficient (Wildman–Crippen LogP) is 2.11. The van der Waals surface area contributed by atoms with Crippen LogP contribution in [0.15, 0.2) is 0 Å². The van der Waals surface area contributed by atoms with Crippen molar-refractivity contribution in [2.45, 2.75) is 64.0 Å². The van der Waals surface area contributed by atoms with E-state index in [4.69, 9.17) is 0 Å². The Morgan fingerprint density at radius 3 is 1.50 bits per heavy atom. The van der Waals surface area contributed by atoms with Gasteiger partial charge in [0.05, 0.1) is 0 Å². The summed E-state index contributed by atoms with van der Waals surface area (Å²) >= 11 is 0. The van der Waals surface area contributed by atoms with E-state index in [-0.39, 0.29) is 72.0 Å². The molecule has 0 aromatic carbocycles. The molecule has 0 amide bonds. The molecular weight excluding hydrogens is 273 g/mol. The van der Waals surface area contributed by atoms with Gasteiger partial charge in [0.2, 0.25) is 0 Å². The Hall–Kier alpha value is 1.65. The zero-order chi connectivity index (χ0) is 12.4. The number of halogens is 5. The minimum absolute atomic E-state index is 0. The molecule has 0 aliphatic carbocycles. The van der Waals surface area contributed by atoms with Crippen molar-refractivity contribution in [2.75, 3.05) is 0 Å². The van der Waals surface area contributed by atoms with Crippen molar-refractivity contribution in [1.82, 2.24) is 0 Å². The van der Waals surface area contributed by atoms with Gasteiger partial charge in [0.15, 0.2) is 0 Å². The standard InChI is InChI=1S/C11H18F5.2Na/c12-10(13)8-6-4-2-1-3-5-7-9-11(14,15)16;;/h1-9H2;;/q-1;;+1. The number of unbranched alkanes of at least 4 members (excludes halogenated alkanes) is 6. The van der Waals surface area contributed by atoms with Gasteiger partial charge in [-0.2, -0.15) is 13.2 Å². The first-order valence-corrected chi connectivity index (χ1v) is 5.65. The zero-order valence-corrected chi connectivity index (χ0v) is 15.3. The molecule has 0 nitrogen and oxygen atoms in total. The summed E-state index contributed by atoms with van der Waals surface area (Å²) < 4.78 is 58.5. The van der Waals surface area contributed by atoms with Crippen molar-refractivity contribution in [1.29, 1.82) is 0 Å². The van der Waals surface area contributed by atoms with Crippen LogP contribution in [-0.2, 0) is 0 Å². The van der Waals surface area contributed by atoms with E-state index in [9.17, 15) is 22.0 Å². The zero-order valence-electron chi connectivity index (χ0n) is 11.3. The summed E-state index contributed by atoms with van der Waals surface area (Å²) in [6.07, 6.45) is -2.05. The van der Waals surface area contributed by atoms with Crippen LogP contribution in [0.1, 0.15) is 57.8 Å². The summed E-state index contributed by atoms with van der Waals surface area (Å²) in [5.74, 6) is 0. The molecule has 0 aliphatic rings. The number of rotatable bonds is 9. The molecule has 0 N–H and O–H groups in total. The molecule has 99 valence electrons. The van der Waals surface area contributed by atoms with Gasteiger partial charge in [-0.3, -0.25) is 0 Å². The van der Waals surface area contributed by atoms with Gasteiger partial charge in [-0.25, -0.2) is 0 Å². The normalized spacial score (nSPS) is 11.0. The summed E-state index contributed by atoms with van der Waals surface area (Å²) in [6.45, 7) is 0. The SMILES string of the molecule is F[C-](F)CCCCCCCCCC(F)(F)F.[Na+].[Na]. The molecule has 18 heavy (non-hydrogen) atoms. The van der Waals surface area contributed by atoms with Crippen molar-refractivity contribution < 1.29 is 51.5 Å². The van der Waals surface area contributed by atoms with Gasteiger partial charge in [-0.05, 0) is 6.42 Å². The number of hydrogen-bond acceptors (Lipinski definition) is 0. The summed E-state index contributed by atoms with van der Waals surface area (Å²) in [7, 11) is 0. The molecule has 1 radical (unpaired) electrons. The van der Waals surface area contributed by atoms with E-state index < -0.39 is 19.0 Å². The van der Waals surface area contributed by atoms with Crippen LogP contribution in [0.5, 0.6) is 0 Å². The second-order valence-electron chi connectivity index (χ2n) is 3.93. The minimum atomic E-state index is -4.05. The molecule has 0 heterocycles. The monoisotopic (exact) mass is 291 g/mol. The minimum Gasteiger partial charge on any atom is -0.421 e. The molecule has 0 spiro atoms. The van der Waals surface area contributed by atoms with E-state index >= 15 is 0 Å². The van der Waals surface area contributed by atoms with E-state index in [0.717, 1.165) is 25.7 Å². The largest absolute Gasteiger partial charge is 1.00 e. The van der Waals surface area contributed by atoms with Gasteiger partial charge >= 0.3 is 35.7 Å².